The second-order valence-electron chi connectivity index (χ2n) is 7.70. The van der Waals surface area contributed by atoms with Crippen molar-refractivity contribution in [2.75, 3.05) is 26.0 Å². The number of nitrogens with zero attached hydrogens (tertiary/aromatic N) is 6. The maximum atomic E-state index is 13.1. The van der Waals surface area contributed by atoms with E-state index in [4.69, 9.17) is 16.3 Å². The number of likely N-dealkylation sites (N-methyl/N-ethyl adjacent to an activating group) is 1. The van der Waals surface area contributed by atoms with Gasteiger partial charge in [0.15, 0.2) is 5.65 Å². The summed E-state index contributed by atoms with van der Waals surface area (Å²) in [5, 5.41) is 11.5. The van der Waals surface area contributed by atoms with Crippen LogP contribution < -0.4 is 10.1 Å². The molecule has 0 saturated heterocycles. The van der Waals surface area contributed by atoms with Gasteiger partial charge in [-0.25, -0.2) is 9.50 Å². The van der Waals surface area contributed by atoms with Gasteiger partial charge in [-0.2, -0.15) is 23.4 Å². The lowest BCUT2D eigenvalue weighted by molar-refractivity contribution is -0.158. The Morgan fingerprint density at radius 1 is 1.28 bits per heavy atom. The Bertz CT molecular complexity index is 1430. The normalized spacial score (nSPS) is 11.5. The molecule has 0 aliphatic rings. The number of aromatic nitrogens is 5. The van der Waals surface area contributed by atoms with Crippen molar-refractivity contribution in [3.8, 4) is 17.0 Å². The van der Waals surface area contributed by atoms with Crippen molar-refractivity contribution < 1.29 is 27.5 Å². The number of benzene rings is 1. The molecule has 2 amide bonds. The van der Waals surface area contributed by atoms with Crippen LogP contribution in [0.25, 0.3) is 16.9 Å². The minimum atomic E-state index is -4.55. The van der Waals surface area contributed by atoms with E-state index in [0.29, 0.717) is 26.9 Å². The Kier molecular flexibility index (Phi) is 6.84. The fourth-order valence-electron chi connectivity index (χ4n) is 3.45. The van der Waals surface area contributed by atoms with Crippen molar-refractivity contribution >= 4 is 34.7 Å². The van der Waals surface area contributed by atoms with Crippen molar-refractivity contribution in [1.82, 2.24) is 29.3 Å². The predicted molar refractivity (Wildman–Crippen MR) is 124 cm³/mol. The largest absolute Gasteiger partial charge is 0.496 e. The van der Waals surface area contributed by atoms with Gasteiger partial charge < -0.3 is 15.0 Å². The molecular formula is C22H19ClF3N7O3. The second-order valence-corrected chi connectivity index (χ2v) is 8.14. The van der Waals surface area contributed by atoms with Crippen LogP contribution in [0.15, 0.2) is 49.1 Å². The smallest absolute Gasteiger partial charge is 0.406 e. The second kappa shape index (κ2) is 9.85. The summed E-state index contributed by atoms with van der Waals surface area (Å²) in [4.78, 5) is 30.2. The first-order chi connectivity index (χ1) is 17.1. The Labute approximate surface area is 207 Å². The topological polar surface area (TPSA) is 107 Å². The lowest BCUT2D eigenvalue weighted by Gasteiger charge is -2.18. The van der Waals surface area contributed by atoms with Gasteiger partial charge >= 0.3 is 6.18 Å². The highest BCUT2D eigenvalue weighted by Crippen LogP contribution is 2.36. The summed E-state index contributed by atoms with van der Waals surface area (Å²) >= 11 is 6.16. The number of carbonyl (C=O) groups excluding carboxylic acids is 2. The summed E-state index contributed by atoms with van der Waals surface area (Å²) < 4.78 is 46.1. The summed E-state index contributed by atoms with van der Waals surface area (Å²) in [5.41, 5.74) is 1.25. The third-order valence-corrected chi connectivity index (χ3v) is 5.33. The van der Waals surface area contributed by atoms with Gasteiger partial charge in [0.1, 0.15) is 30.1 Å². The zero-order valence-electron chi connectivity index (χ0n) is 19.0. The number of methoxy groups -OCH3 is 1. The zero-order valence-corrected chi connectivity index (χ0v) is 19.7. The van der Waals surface area contributed by atoms with Crippen molar-refractivity contribution in [1.29, 1.82) is 0 Å². The molecule has 1 aromatic carbocycles. The highest BCUT2D eigenvalue weighted by atomic mass is 35.5. The summed E-state index contributed by atoms with van der Waals surface area (Å²) in [6, 6.07) is 6.40. The van der Waals surface area contributed by atoms with E-state index in [9.17, 15) is 22.8 Å². The van der Waals surface area contributed by atoms with Gasteiger partial charge in [0.2, 0.25) is 5.91 Å². The quantitative estimate of drug-likeness (QED) is 0.399. The molecule has 14 heteroatoms. The fourth-order valence-corrected chi connectivity index (χ4v) is 3.62. The van der Waals surface area contributed by atoms with Crippen LogP contribution in [0.4, 0.5) is 18.9 Å². The van der Waals surface area contributed by atoms with Gasteiger partial charge in [-0.1, -0.05) is 11.6 Å². The van der Waals surface area contributed by atoms with Crippen LogP contribution in [0.5, 0.6) is 5.75 Å². The minimum Gasteiger partial charge on any atom is -0.496 e. The van der Waals surface area contributed by atoms with Gasteiger partial charge in [0, 0.05) is 36.2 Å². The number of carbonyl (C=O) groups is 2. The maximum Gasteiger partial charge on any atom is 0.406 e. The SMILES string of the molecule is COc1ccc(Cl)cc1-c1nn(CC(=O)N(C)CC(F)(F)F)cc1NC(=O)c1cnn2cccnc12. The molecule has 0 aliphatic carbocycles. The number of alkyl halides is 3. The van der Waals surface area contributed by atoms with Crippen LogP contribution in [0, 0.1) is 0 Å². The fraction of sp³-hybridized carbons (Fsp3) is 0.227. The minimum absolute atomic E-state index is 0.169. The number of amides is 2. The molecule has 0 fully saturated rings. The van der Waals surface area contributed by atoms with E-state index in [0.717, 1.165) is 11.7 Å². The standard InChI is InChI=1S/C22H19ClF3N7O3/c1-31(12-22(24,25)26)18(34)11-32-10-16(19(30-32)14-8-13(23)4-5-17(14)36-2)29-21(35)15-9-28-33-7-3-6-27-20(15)33/h3-10H,11-12H2,1-2H3,(H,29,35). The van der Waals surface area contributed by atoms with E-state index in [1.165, 1.54) is 30.2 Å². The Morgan fingerprint density at radius 3 is 2.78 bits per heavy atom. The number of ether oxygens (including phenoxy) is 1. The van der Waals surface area contributed by atoms with E-state index < -0.39 is 31.1 Å². The first kappa shape index (κ1) is 25.0. The van der Waals surface area contributed by atoms with E-state index in [-0.39, 0.29) is 16.9 Å². The van der Waals surface area contributed by atoms with Gasteiger partial charge in [0.25, 0.3) is 5.91 Å². The monoisotopic (exact) mass is 521 g/mol. The highest BCUT2D eigenvalue weighted by Gasteiger charge is 2.31. The van der Waals surface area contributed by atoms with Crippen LogP contribution in [0.2, 0.25) is 5.02 Å². The lowest BCUT2D eigenvalue weighted by Crippen LogP contribution is -2.37. The molecule has 0 bridgehead atoms. The van der Waals surface area contributed by atoms with Crippen LogP contribution >= 0.6 is 11.6 Å². The molecule has 0 aliphatic heterocycles. The average molecular weight is 522 g/mol. The molecule has 0 unspecified atom stereocenters. The number of fused-ring (bicyclic) bond motifs is 1. The third kappa shape index (κ3) is 5.40. The Hall–Kier alpha value is -4.13. The Balaban J connectivity index is 1.70. The third-order valence-electron chi connectivity index (χ3n) is 5.09. The van der Waals surface area contributed by atoms with Gasteiger partial charge in [-0.15, -0.1) is 0 Å². The van der Waals surface area contributed by atoms with Crippen LogP contribution in [0.3, 0.4) is 0 Å². The molecule has 0 spiro atoms. The predicted octanol–water partition coefficient (Wildman–Crippen LogP) is 3.53. The number of halogens is 4. The number of anilines is 1. The number of hydrogen-bond donors (Lipinski definition) is 1. The van der Waals surface area contributed by atoms with Crippen molar-refractivity contribution in [2.45, 2.75) is 12.7 Å². The maximum absolute atomic E-state index is 13.1. The first-order valence-corrected chi connectivity index (χ1v) is 10.8. The number of nitrogens with one attached hydrogen (secondary N) is 1. The molecule has 4 rings (SSSR count). The van der Waals surface area contributed by atoms with Crippen LogP contribution in [-0.4, -0.2) is 68.0 Å². The lowest BCUT2D eigenvalue weighted by atomic mass is 10.1. The summed E-state index contributed by atoms with van der Waals surface area (Å²) in [6.45, 7) is -1.91. The summed E-state index contributed by atoms with van der Waals surface area (Å²) in [6.07, 6.45) is 1.28. The molecule has 188 valence electrons. The van der Waals surface area contributed by atoms with Crippen LogP contribution in [0.1, 0.15) is 10.4 Å². The zero-order chi connectivity index (χ0) is 26.0. The van der Waals surface area contributed by atoms with Gasteiger partial charge in [-0.3, -0.25) is 14.3 Å². The van der Waals surface area contributed by atoms with E-state index in [1.807, 2.05) is 0 Å². The van der Waals surface area contributed by atoms with Crippen LogP contribution in [-0.2, 0) is 11.3 Å². The molecule has 0 radical (unpaired) electrons. The summed E-state index contributed by atoms with van der Waals surface area (Å²) in [7, 11) is 2.48. The Morgan fingerprint density at radius 2 is 2.06 bits per heavy atom. The first-order valence-electron chi connectivity index (χ1n) is 10.4. The molecule has 3 aromatic heterocycles. The molecule has 1 N–H and O–H groups in total. The molecular weight excluding hydrogens is 503 g/mol. The highest BCUT2D eigenvalue weighted by molar-refractivity contribution is 6.31. The number of hydrogen-bond acceptors (Lipinski definition) is 6. The van der Waals surface area contributed by atoms with E-state index in [1.54, 1.807) is 30.5 Å². The van der Waals surface area contributed by atoms with Crippen molar-refractivity contribution in [2.24, 2.45) is 0 Å². The van der Waals surface area contributed by atoms with E-state index in [2.05, 4.69) is 20.5 Å². The van der Waals surface area contributed by atoms with E-state index >= 15 is 0 Å². The molecule has 3 heterocycles. The number of rotatable bonds is 7. The molecule has 0 atom stereocenters. The van der Waals surface area contributed by atoms with Crippen molar-refractivity contribution in [3.63, 3.8) is 0 Å². The molecule has 0 saturated carbocycles. The van der Waals surface area contributed by atoms with Gasteiger partial charge in [0.05, 0.1) is 19.0 Å². The van der Waals surface area contributed by atoms with Gasteiger partial charge in [-0.05, 0) is 24.3 Å². The molecule has 4 aromatic rings. The molecule has 36 heavy (non-hydrogen) atoms. The average Bonchev–Trinajstić information content (AvgIpc) is 3.42. The summed E-state index contributed by atoms with van der Waals surface area (Å²) in [5.74, 6) is -1.02. The molecule has 10 nitrogen and oxygen atoms in total. The van der Waals surface area contributed by atoms with Crippen molar-refractivity contribution in [3.05, 3.63) is 59.6 Å².